The van der Waals surface area contributed by atoms with Crippen LogP contribution in [0.5, 0.6) is 0 Å². The molecule has 2 aromatic heterocycles. The highest BCUT2D eigenvalue weighted by Crippen LogP contribution is 2.56. The number of rotatable bonds is 11. The summed E-state index contributed by atoms with van der Waals surface area (Å²) >= 11 is 3.75. The van der Waals surface area contributed by atoms with Crippen LogP contribution in [0.1, 0.15) is 0 Å². The third-order valence-electron chi connectivity index (χ3n) is 20.8. The van der Waals surface area contributed by atoms with E-state index in [0.29, 0.717) is 0 Å². The van der Waals surface area contributed by atoms with Crippen LogP contribution in [0.3, 0.4) is 0 Å². The molecule has 5 heteroatoms. The standard InChI is InChI=1S/C96H61BN2S2/c1-8-28-62(29-9-1)71-54-78(65-34-14-4-15-35-65)95(79(55-71)66-36-16-5-17-37-66)98-84-52-50-69(74-44-26-48-90-92(74)76-42-22-24-46-88(76)100-90)58-82(84)97-83-59-70(75-45-27-49-91-93(75)77-43-23-25-47-89(77)101-91)51-53-85(83)99(87-61-73(60-86(98)94(87)97)64-32-12-3-13-33-64)96-80(67-38-18-6-19-39-67)56-72(63-30-10-2-11-31-63)57-81(96)68-40-20-7-21-41-68/h1-61H. The van der Waals surface area contributed by atoms with Crippen molar-refractivity contribution in [1.82, 2.24) is 0 Å². The van der Waals surface area contributed by atoms with Crippen molar-refractivity contribution in [3.05, 3.63) is 370 Å². The van der Waals surface area contributed by atoms with Crippen molar-refractivity contribution >= 4 is 120 Å². The van der Waals surface area contributed by atoms with Crippen molar-refractivity contribution in [1.29, 1.82) is 0 Å². The van der Waals surface area contributed by atoms with E-state index in [-0.39, 0.29) is 6.71 Å². The molecule has 2 nitrogen and oxygen atoms in total. The van der Waals surface area contributed by atoms with E-state index in [0.717, 1.165) is 112 Å². The van der Waals surface area contributed by atoms with Crippen molar-refractivity contribution in [2.75, 3.05) is 9.80 Å². The maximum absolute atomic E-state index is 2.70. The van der Waals surface area contributed by atoms with Crippen LogP contribution < -0.4 is 26.2 Å². The van der Waals surface area contributed by atoms with Crippen molar-refractivity contribution in [2.24, 2.45) is 0 Å². The SMILES string of the molecule is c1ccc(-c2cc(-c3ccccc3)c(N3c4ccc(-c5cccc6sc7ccccc7c56)cc4B4c5cc(-c6cccc7sc8ccccc8c67)ccc5N(c5c(-c6ccccc6)cc(-c6ccccc6)cc5-c5ccccc5)c5cc(-c6ccccc6)cc3c54)c(-c3ccccc3)c2)cc1. The minimum absolute atomic E-state index is 0.285. The highest BCUT2D eigenvalue weighted by Gasteiger charge is 2.46. The van der Waals surface area contributed by atoms with E-state index < -0.39 is 0 Å². The maximum Gasteiger partial charge on any atom is 0.252 e. The fourth-order valence-electron chi connectivity index (χ4n) is 16.3. The lowest BCUT2D eigenvalue weighted by Crippen LogP contribution is -2.61. The van der Waals surface area contributed by atoms with Gasteiger partial charge in [0, 0.05) is 85.3 Å². The molecular weight excluding hydrogens is 1260 g/mol. The van der Waals surface area contributed by atoms with Crippen molar-refractivity contribution in [2.45, 2.75) is 0 Å². The van der Waals surface area contributed by atoms with Gasteiger partial charge in [0.15, 0.2) is 0 Å². The summed E-state index contributed by atoms with van der Waals surface area (Å²) in [6.07, 6.45) is 0. The van der Waals surface area contributed by atoms with E-state index in [1.54, 1.807) is 0 Å². The van der Waals surface area contributed by atoms with E-state index in [1.165, 1.54) is 79.0 Å². The first-order valence-corrected chi connectivity index (χ1v) is 36.4. The van der Waals surface area contributed by atoms with Gasteiger partial charge >= 0.3 is 0 Å². The predicted molar refractivity (Wildman–Crippen MR) is 435 cm³/mol. The molecule has 0 unspecified atom stereocenters. The van der Waals surface area contributed by atoms with Gasteiger partial charge in [0.2, 0.25) is 0 Å². The van der Waals surface area contributed by atoms with Crippen LogP contribution in [0.2, 0.25) is 0 Å². The zero-order chi connectivity index (χ0) is 66.5. The summed E-state index contributed by atoms with van der Waals surface area (Å²) < 4.78 is 5.14. The van der Waals surface area contributed by atoms with Crippen molar-refractivity contribution in [3.8, 4) is 100 Å². The Morgan fingerprint density at radius 3 is 0.842 bits per heavy atom. The molecule has 18 aromatic rings. The van der Waals surface area contributed by atoms with Crippen LogP contribution in [0.25, 0.3) is 140 Å². The van der Waals surface area contributed by atoms with Gasteiger partial charge in [0.1, 0.15) is 0 Å². The molecule has 0 saturated heterocycles. The van der Waals surface area contributed by atoms with E-state index in [4.69, 9.17) is 0 Å². The van der Waals surface area contributed by atoms with Crippen LogP contribution in [-0.2, 0) is 0 Å². The van der Waals surface area contributed by atoms with Gasteiger partial charge in [-0.15, -0.1) is 22.7 Å². The molecule has 0 atom stereocenters. The van der Waals surface area contributed by atoms with E-state index in [2.05, 4.69) is 380 Å². The van der Waals surface area contributed by atoms with E-state index in [9.17, 15) is 0 Å². The lowest BCUT2D eigenvalue weighted by Gasteiger charge is -2.46. The second-order valence-electron chi connectivity index (χ2n) is 26.5. The topological polar surface area (TPSA) is 6.48 Å². The molecule has 0 saturated carbocycles. The van der Waals surface area contributed by atoms with Crippen LogP contribution >= 0.6 is 22.7 Å². The minimum Gasteiger partial charge on any atom is -0.310 e. The fraction of sp³-hybridized carbons (Fsp3) is 0. The normalized spacial score (nSPS) is 12.3. The van der Waals surface area contributed by atoms with Crippen LogP contribution in [0, 0.1) is 0 Å². The molecule has 2 aliphatic rings. The fourth-order valence-corrected chi connectivity index (χ4v) is 18.6. The Morgan fingerprint density at radius 2 is 0.495 bits per heavy atom. The first-order chi connectivity index (χ1) is 50.1. The van der Waals surface area contributed by atoms with Crippen LogP contribution in [0.4, 0.5) is 34.1 Å². The van der Waals surface area contributed by atoms with Gasteiger partial charge in [-0.25, -0.2) is 0 Å². The van der Waals surface area contributed by atoms with E-state index >= 15 is 0 Å². The quantitative estimate of drug-likeness (QED) is 0.119. The lowest BCUT2D eigenvalue weighted by molar-refractivity contribution is 1.25. The number of nitrogens with zero attached hydrogens (tertiary/aromatic N) is 2. The van der Waals surface area contributed by atoms with Gasteiger partial charge in [0.05, 0.1) is 11.4 Å². The lowest BCUT2D eigenvalue weighted by atomic mass is 9.33. The van der Waals surface area contributed by atoms with Crippen molar-refractivity contribution in [3.63, 3.8) is 0 Å². The molecule has 0 radical (unpaired) electrons. The molecule has 2 aliphatic heterocycles. The Morgan fingerprint density at radius 1 is 0.198 bits per heavy atom. The minimum atomic E-state index is -0.285. The predicted octanol–water partition coefficient (Wildman–Crippen LogP) is 25.5. The number of benzene rings is 16. The molecule has 0 aliphatic carbocycles. The monoisotopic (exact) mass is 1320 g/mol. The molecule has 20 rings (SSSR count). The smallest absolute Gasteiger partial charge is 0.252 e. The second kappa shape index (κ2) is 24.3. The first-order valence-electron chi connectivity index (χ1n) is 34.7. The molecule has 0 fully saturated rings. The first kappa shape index (κ1) is 58.7. The van der Waals surface area contributed by atoms with Gasteiger partial charge in [0.25, 0.3) is 6.71 Å². The summed E-state index contributed by atoms with van der Waals surface area (Å²) in [6.45, 7) is -0.285. The highest BCUT2D eigenvalue weighted by atomic mass is 32.1. The molecule has 4 heterocycles. The molecular formula is C96H61BN2S2. The number of thiophene rings is 2. The molecule has 0 N–H and O–H groups in total. The number of fused-ring (bicyclic) bond motifs is 10. The molecule has 470 valence electrons. The molecule has 0 amide bonds. The average Bonchev–Trinajstić information content (AvgIpc) is 1.43. The third kappa shape index (κ3) is 9.83. The molecule has 0 bridgehead atoms. The second-order valence-corrected chi connectivity index (χ2v) is 28.7. The number of hydrogen-bond acceptors (Lipinski definition) is 4. The average molecular weight is 1320 g/mol. The summed E-state index contributed by atoms with van der Waals surface area (Å²) in [5.41, 5.74) is 31.1. The largest absolute Gasteiger partial charge is 0.310 e. The Bertz CT molecular complexity index is 5770. The molecule has 101 heavy (non-hydrogen) atoms. The summed E-state index contributed by atoms with van der Waals surface area (Å²) in [6, 6.07) is 139. The van der Waals surface area contributed by atoms with Crippen LogP contribution in [0.15, 0.2) is 370 Å². The zero-order valence-corrected chi connectivity index (χ0v) is 56.6. The van der Waals surface area contributed by atoms with Crippen LogP contribution in [-0.4, -0.2) is 6.71 Å². The third-order valence-corrected chi connectivity index (χ3v) is 23.1. The molecule has 0 spiro atoms. The molecule has 16 aromatic carbocycles. The Labute approximate surface area is 596 Å². The summed E-state index contributed by atoms with van der Waals surface area (Å²) in [4.78, 5) is 5.39. The highest BCUT2D eigenvalue weighted by molar-refractivity contribution is 7.26. The maximum atomic E-state index is 2.70. The summed E-state index contributed by atoms with van der Waals surface area (Å²) in [5.74, 6) is 0. The van der Waals surface area contributed by atoms with Crippen molar-refractivity contribution < 1.29 is 0 Å². The Balaban J connectivity index is 0.977. The van der Waals surface area contributed by atoms with Gasteiger partial charge in [-0.2, -0.15) is 0 Å². The number of anilines is 6. The van der Waals surface area contributed by atoms with Gasteiger partial charge < -0.3 is 9.80 Å². The summed E-state index contributed by atoms with van der Waals surface area (Å²) in [5, 5.41) is 5.14. The van der Waals surface area contributed by atoms with Gasteiger partial charge in [-0.1, -0.05) is 297 Å². The van der Waals surface area contributed by atoms with Gasteiger partial charge in [-0.3, -0.25) is 0 Å². The Hall–Kier alpha value is -12.4. The number of hydrogen-bond donors (Lipinski definition) is 0. The van der Waals surface area contributed by atoms with Gasteiger partial charge in [-0.05, 0) is 167 Å². The van der Waals surface area contributed by atoms with E-state index in [1.807, 2.05) is 22.7 Å². The Kier molecular flexibility index (Phi) is 14.1. The summed E-state index contributed by atoms with van der Waals surface area (Å²) in [7, 11) is 0. The zero-order valence-electron chi connectivity index (χ0n) is 55.0.